The fourth-order valence-electron chi connectivity index (χ4n) is 3.97. The Morgan fingerprint density at radius 1 is 1.13 bits per heavy atom. The van der Waals surface area contributed by atoms with Crippen molar-refractivity contribution in [3.8, 4) is 6.07 Å². The number of aryl methyl sites for hydroxylation is 4. The largest absolute Gasteiger partial charge is 0.324 e. The summed E-state index contributed by atoms with van der Waals surface area (Å²) in [7, 11) is 1.82. The van der Waals surface area contributed by atoms with Gasteiger partial charge in [-0.2, -0.15) is 5.26 Å². The smallest absolute Gasteiger partial charge is 0.238 e. The van der Waals surface area contributed by atoms with Crippen LogP contribution in [0.5, 0.6) is 0 Å². The average Bonchev–Trinajstić information content (AvgIpc) is 3.23. The Labute approximate surface area is 181 Å². The van der Waals surface area contributed by atoms with Crippen LogP contribution in [0, 0.1) is 32.1 Å². The molecule has 0 bridgehead atoms. The van der Waals surface area contributed by atoms with E-state index in [4.69, 9.17) is 0 Å². The molecule has 0 unspecified atom stereocenters. The maximum Gasteiger partial charge on any atom is 0.238 e. The van der Waals surface area contributed by atoms with Crippen LogP contribution in [0.2, 0.25) is 0 Å². The molecule has 1 aromatic carbocycles. The van der Waals surface area contributed by atoms with Gasteiger partial charge in [0.05, 0.1) is 12.1 Å². The van der Waals surface area contributed by atoms with E-state index in [0.717, 1.165) is 41.6 Å². The van der Waals surface area contributed by atoms with Crippen LogP contribution in [0.15, 0.2) is 12.1 Å². The first-order chi connectivity index (χ1) is 14.3. The van der Waals surface area contributed by atoms with E-state index in [1.165, 1.54) is 21.8 Å². The van der Waals surface area contributed by atoms with Gasteiger partial charge in [0.15, 0.2) is 0 Å². The number of nitrogens with one attached hydrogen (secondary N) is 2. The molecule has 2 N–H and O–H groups in total. The lowest BCUT2D eigenvalue weighted by atomic mass is 10.1. The zero-order valence-corrected chi connectivity index (χ0v) is 18.8. The summed E-state index contributed by atoms with van der Waals surface area (Å²) >= 11 is 1.52. The number of nitriles is 1. The van der Waals surface area contributed by atoms with E-state index in [0.29, 0.717) is 17.1 Å². The summed E-state index contributed by atoms with van der Waals surface area (Å²) in [6.07, 6.45) is 3.25. The summed E-state index contributed by atoms with van der Waals surface area (Å²) in [4.78, 5) is 27.8. The Bertz CT molecular complexity index is 996. The summed E-state index contributed by atoms with van der Waals surface area (Å²) in [5.74, 6) is -0.238. The molecule has 30 heavy (non-hydrogen) atoms. The number of anilines is 2. The highest BCUT2D eigenvalue weighted by Crippen LogP contribution is 2.38. The summed E-state index contributed by atoms with van der Waals surface area (Å²) < 4.78 is 0. The van der Waals surface area contributed by atoms with Crippen LogP contribution in [0.4, 0.5) is 10.7 Å². The Balaban J connectivity index is 1.49. The molecule has 0 radical (unpaired) electrons. The molecule has 7 heteroatoms. The molecule has 3 rings (SSSR count). The van der Waals surface area contributed by atoms with Gasteiger partial charge in [0.2, 0.25) is 11.8 Å². The first-order valence-corrected chi connectivity index (χ1v) is 11.0. The van der Waals surface area contributed by atoms with Crippen LogP contribution in [0.3, 0.4) is 0 Å². The minimum absolute atomic E-state index is 0.102. The van der Waals surface area contributed by atoms with Crippen molar-refractivity contribution in [2.45, 2.75) is 46.5 Å². The Morgan fingerprint density at radius 2 is 1.83 bits per heavy atom. The maximum atomic E-state index is 12.4. The summed E-state index contributed by atoms with van der Waals surface area (Å²) in [6.45, 7) is 6.67. The highest BCUT2D eigenvalue weighted by Gasteiger charge is 2.23. The molecule has 0 atom stereocenters. The molecule has 0 aliphatic heterocycles. The molecular formula is C23H28N4O2S. The van der Waals surface area contributed by atoms with E-state index in [2.05, 4.69) is 16.7 Å². The summed E-state index contributed by atoms with van der Waals surface area (Å²) in [5.41, 5.74) is 5.83. The second-order valence-corrected chi connectivity index (χ2v) is 9.14. The normalized spacial score (nSPS) is 12.5. The van der Waals surface area contributed by atoms with Crippen molar-refractivity contribution in [3.63, 3.8) is 0 Å². The lowest BCUT2D eigenvalue weighted by molar-refractivity contribution is -0.119. The number of benzene rings is 1. The number of carbonyl (C=O) groups is 2. The van der Waals surface area contributed by atoms with Gasteiger partial charge in [0.1, 0.15) is 11.1 Å². The quantitative estimate of drug-likeness (QED) is 0.705. The minimum Gasteiger partial charge on any atom is -0.324 e. The molecular weight excluding hydrogens is 396 g/mol. The van der Waals surface area contributed by atoms with E-state index >= 15 is 0 Å². The molecule has 0 saturated carbocycles. The van der Waals surface area contributed by atoms with Crippen molar-refractivity contribution < 1.29 is 9.59 Å². The predicted molar refractivity (Wildman–Crippen MR) is 121 cm³/mol. The van der Waals surface area contributed by atoms with Crippen LogP contribution < -0.4 is 10.6 Å². The van der Waals surface area contributed by atoms with Crippen LogP contribution in [0.25, 0.3) is 0 Å². The predicted octanol–water partition coefficient (Wildman–Crippen LogP) is 3.93. The number of hydrogen-bond acceptors (Lipinski definition) is 5. The van der Waals surface area contributed by atoms with E-state index in [-0.39, 0.29) is 24.8 Å². The van der Waals surface area contributed by atoms with Gasteiger partial charge < -0.3 is 10.6 Å². The zero-order chi connectivity index (χ0) is 21.8. The van der Waals surface area contributed by atoms with Crippen molar-refractivity contribution in [1.82, 2.24) is 4.90 Å². The van der Waals surface area contributed by atoms with Gasteiger partial charge in [-0.3, -0.25) is 14.5 Å². The highest BCUT2D eigenvalue weighted by molar-refractivity contribution is 7.16. The van der Waals surface area contributed by atoms with E-state index in [1.54, 1.807) is 0 Å². The number of carbonyl (C=O) groups excluding carboxylic acids is 2. The molecule has 158 valence electrons. The van der Waals surface area contributed by atoms with Gasteiger partial charge in [-0.05, 0) is 63.8 Å². The van der Waals surface area contributed by atoms with Crippen LogP contribution >= 0.6 is 11.3 Å². The Morgan fingerprint density at radius 3 is 2.50 bits per heavy atom. The molecule has 1 aliphatic carbocycles. The lowest BCUT2D eigenvalue weighted by Gasteiger charge is -2.18. The van der Waals surface area contributed by atoms with Crippen molar-refractivity contribution >= 4 is 33.8 Å². The zero-order valence-electron chi connectivity index (χ0n) is 18.0. The fraction of sp³-hybridized carbons (Fsp3) is 0.435. The first-order valence-electron chi connectivity index (χ1n) is 10.2. The van der Waals surface area contributed by atoms with Gasteiger partial charge >= 0.3 is 0 Å². The monoisotopic (exact) mass is 424 g/mol. The maximum absolute atomic E-state index is 12.4. The van der Waals surface area contributed by atoms with Crippen molar-refractivity contribution in [2.24, 2.45) is 0 Å². The topological polar surface area (TPSA) is 85.2 Å². The number of hydrogen-bond donors (Lipinski definition) is 2. The molecule has 2 amide bonds. The second kappa shape index (κ2) is 9.41. The third kappa shape index (κ3) is 5.07. The number of likely N-dealkylation sites (N-methyl/N-ethyl adjacent to an activating group) is 1. The van der Waals surface area contributed by atoms with Crippen LogP contribution in [0.1, 0.15) is 45.5 Å². The summed E-state index contributed by atoms with van der Waals surface area (Å²) in [5, 5.41) is 16.0. The van der Waals surface area contributed by atoms with Gasteiger partial charge in [0.25, 0.3) is 0 Å². The fourth-order valence-corrected chi connectivity index (χ4v) is 5.23. The first kappa shape index (κ1) is 22.0. The number of nitrogens with zero attached hydrogens (tertiary/aromatic N) is 2. The summed E-state index contributed by atoms with van der Waals surface area (Å²) in [6, 6.07) is 6.34. The van der Waals surface area contributed by atoms with Crippen molar-refractivity contribution in [3.05, 3.63) is 44.8 Å². The average molecular weight is 425 g/mol. The van der Waals surface area contributed by atoms with Crippen molar-refractivity contribution in [2.75, 3.05) is 30.8 Å². The lowest BCUT2D eigenvalue weighted by Crippen LogP contribution is -2.32. The number of amides is 2. The number of rotatable bonds is 7. The number of fused-ring (bicyclic) bond motifs is 1. The molecule has 1 heterocycles. The Hall–Kier alpha value is -2.69. The van der Waals surface area contributed by atoms with E-state index in [1.807, 2.05) is 44.9 Å². The molecule has 0 saturated heterocycles. The van der Waals surface area contributed by atoms with E-state index in [9.17, 15) is 14.9 Å². The second-order valence-electron chi connectivity index (χ2n) is 8.03. The molecule has 0 fully saturated rings. The van der Waals surface area contributed by atoms with E-state index < -0.39 is 0 Å². The van der Waals surface area contributed by atoms with Crippen molar-refractivity contribution in [1.29, 1.82) is 5.26 Å². The standard InChI is InChI=1S/C23H28N4O2S/c1-14-10-15(2)22(16(3)11-14)25-21(29)13-27(4)9-8-20(28)26-23-18(12-24)17-6-5-7-19(17)30-23/h10-11H,5-9,13H2,1-4H3,(H,25,29)(H,26,28). The number of thiophene rings is 1. The van der Waals surface area contributed by atoms with Crippen LogP contribution in [-0.4, -0.2) is 36.9 Å². The molecule has 1 aromatic heterocycles. The molecule has 0 spiro atoms. The SMILES string of the molecule is Cc1cc(C)c(NC(=O)CN(C)CCC(=O)Nc2sc3c(c2C#N)CCC3)c(C)c1. The van der Waals surface area contributed by atoms with Crippen LogP contribution in [-0.2, 0) is 22.4 Å². The Kier molecular flexibility index (Phi) is 6.91. The molecule has 2 aromatic rings. The van der Waals surface area contributed by atoms with Gasteiger partial charge in [-0.15, -0.1) is 11.3 Å². The van der Waals surface area contributed by atoms with Gasteiger partial charge in [-0.25, -0.2) is 0 Å². The third-order valence-corrected chi connectivity index (χ3v) is 6.57. The van der Waals surface area contributed by atoms with Gasteiger partial charge in [0, 0.05) is 23.5 Å². The minimum atomic E-state index is -0.135. The third-order valence-electron chi connectivity index (χ3n) is 5.36. The highest BCUT2D eigenvalue weighted by atomic mass is 32.1. The molecule has 6 nitrogen and oxygen atoms in total. The van der Waals surface area contributed by atoms with Gasteiger partial charge in [-0.1, -0.05) is 17.7 Å². The molecule has 1 aliphatic rings.